The number of benzene rings is 1. The van der Waals surface area contributed by atoms with Gasteiger partial charge < -0.3 is 14.6 Å². The van der Waals surface area contributed by atoms with Gasteiger partial charge >= 0.3 is 0 Å². The molecule has 0 amide bonds. The molecule has 3 rings (SSSR count). The van der Waals surface area contributed by atoms with Crippen molar-refractivity contribution < 1.29 is 19.0 Å². The first-order valence-electron chi connectivity index (χ1n) is 6.46. The van der Waals surface area contributed by atoms with Gasteiger partial charge in [-0.2, -0.15) is 0 Å². The van der Waals surface area contributed by atoms with Crippen LogP contribution in [0.5, 0.6) is 5.75 Å². The number of fused-ring (bicyclic) bond motifs is 1. The third-order valence-corrected chi connectivity index (χ3v) is 3.86. The van der Waals surface area contributed by atoms with Crippen molar-refractivity contribution in [1.29, 1.82) is 0 Å². The van der Waals surface area contributed by atoms with Gasteiger partial charge in [0.2, 0.25) is 0 Å². The molecule has 0 spiro atoms. The summed E-state index contributed by atoms with van der Waals surface area (Å²) in [5, 5.41) is 10.1. The van der Waals surface area contributed by atoms with E-state index in [-0.39, 0.29) is 11.9 Å². The molecule has 1 aromatic carbocycles. The first kappa shape index (κ1) is 11.9. The fourth-order valence-electron chi connectivity index (χ4n) is 2.82. The largest absolute Gasteiger partial charge is 0.490 e. The average molecular weight is 252 g/mol. The number of rotatable bonds is 1. The van der Waals surface area contributed by atoms with E-state index in [1.165, 1.54) is 12.1 Å². The zero-order chi connectivity index (χ0) is 12.5. The van der Waals surface area contributed by atoms with E-state index in [1.54, 1.807) is 6.07 Å². The normalized spacial score (nSPS) is 28.6. The monoisotopic (exact) mass is 252 g/mol. The smallest absolute Gasteiger partial charge is 0.128 e. The topological polar surface area (TPSA) is 38.7 Å². The van der Waals surface area contributed by atoms with Crippen molar-refractivity contribution in [2.24, 2.45) is 5.92 Å². The Morgan fingerprint density at radius 3 is 2.78 bits per heavy atom. The molecule has 1 saturated heterocycles. The number of hydrogen-bond acceptors (Lipinski definition) is 3. The second kappa shape index (κ2) is 4.86. The summed E-state index contributed by atoms with van der Waals surface area (Å²) in [6.45, 7) is 1.49. The van der Waals surface area contributed by atoms with E-state index in [9.17, 15) is 9.50 Å². The van der Waals surface area contributed by atoms with Crippen LogP contribution in [-0.4, -0.2) is 24.4 Å². The molecule has 2 aliphatic heterocycles. The third kappa shape index (κ3) is 2.22. The number of aliphatic hydroxyl groups excluding tert-OH is 1. The van der Waals surface area contributed by atoms with Crippen molar-refractivity contribution >= 4 is 0 Å². The Balaban J connectivity index is 1.81. The molecule has 0 aliphatic carbocycles. The van der Waals surface area contributed by atoms with Crippen LogP contribution in [0, 0.1) is 11.7 Å². The van der Waals surface area contributed by atoms with Crippen LogP contribution in [0.1, 0.15) is 30.9 Å². The van der Waals surface area contributed by atoms with Crippen molar-refractivity contribution in [2.45, 2.75) is 31.5 Å². The second-order valence-electron chi connectivity index (χ2n) is 5.04. The second-order valence-corrected chi connectivity index (χ2v) is 5.04. The molecular weight excluding hydrogens is 235 g/mol. The predicted octanol–water partition coefficient (Wildman–Crippen LogP) is 2.44. The van der Waals surface area contributed by atoms with Crippen LogP contribution in [0.25, 0.3) is 0 Å². The molecule has 1 aromatic rings. The minimum Gasteiger partial charge on any atom is -0.490 e. The lowest BCUT2D eigenvalue weighted by molar-refractivity contribution is -0.0152. The van der Waals surface area contributed by atoms with Crippen molar-refractivity contribution in [3.8, 4) is 5.75 Å². The Morgan fingerprint density at radius 1 is 1.22 bits per heavy atom. The SMILES string of the molecule is O[C@H]1CC(C2CCOCC2)Oc2cc(F)ccc21. The van der Waals surface area contributed by atoms with Gasteiger partial charge in [-0.25, -0.2) is 4.39 Å². The molecule has 3 nitrogen and oxygen atoms in total. The lowest BCUT2D eigenvalue weighted by Crippen LogP contribution is -2.36. The van der Waals surface area contributed by atoms with Crippen LogP contribution in [0.3, 0.4) is 0 Å². The van der Waals surface area contributed by atoms with Gasteiger partial charge in [0.1, 0.15) is 17.7 Å². The highest BCUT2D eigenvalue weighted by molar-refractivity contribution is 5.37. The van der Waals surface area contributed by atoms with E-state index in [0.717, 1.165) is 26.1 Å². The summed E-state index contributed by atoms with van der Waals surface area (Å²) in [6, 6.07) is 4.33. The zero-order valence-electron chi connectivity index (χ0n) is 10.1. The fraction of sp³-hybridized carbons (Fsp3) is 0.571. The number of hydrogen-bond donors (Lipinski definition) is 1. The Hall–Kier alpha value is -1.13. The summed E-state index contributed by atoms with van der Waals surface area (Å²) in [6.07, 6.45) is 1.90. The van der Waals surface area contributed by atoms with Crippen molar-refractivity contribution in [3.63, 3.8) is 0 Å². The molecule has 1 fully saturated rings. The molecule has 0 radical (unpaired) electrons. The number of aliphatic hydroxyl groups is 1. The van der Waals surface area contributed by atoms with Gasteiger partial charge in [0, 0.05) is 37.2 Å². The molecule has 2 aliphatic rings. The highest BCUT2D eigenvalue weighted by Crippen LogP contribution is 2.39. The zero-order valence-corrected chi connectivity index (χ0v) is 10.1. The maximum absolute atomic E-state index is 13.2. The lowest BCUT2D eigenvalue weighted by Gasteiger charge is -2.36. The van der Waals surface area contributed by atoms with Crippen molar-refractivity contribution in [3.05, 3.63) is 29.6 Å². The standard InChI is InChI=1S/C14H17FO3/c15-10-1-2-11-12(16)8-13(18-14(11)7-10)9-3-5-17-6-4-9/h1-2,7,9,12-13,16H,3-6,8H2/t12-,13?/m0/s1. The van der Waals surface area contributed by atoms with E-state index in [4.69, 9.17) is 9.47 Å². The van der Waals surface area contributed by atoms with Crippen LogP contribution in [0.2, 0.25) is 0 Å². The lowest BCUT2D eigenvalue weighted by atomic mass is 9.87. The molecule has 0 saturated carbocycles. The van der Waals surface area contributed by atoms with Gasteiger partial charge in [-0.15, -0.1) is 0 Å². The Labute approximate surface area is 106 Å². The van der Waals surface area contributed by atoms with Crippen LogP contribution < -0.4 is 4.74 Å². The molecule has 2 atom stereocenters. The quantitative estimate of drug-likeness (QED) is 0.834. The summed E-state index contributed by atoms with van der Waals surface area (Å²) in [7, 11) is 0. The van der Waals surface area contributed by atoms with Gasteiger partial charge in [0.25, 0.3) is 0 Å². The fourth-order valence-corrected chi connectivity index (χ4v) is 2.82. The molecule has 2 heterocycles. The third-order valence-electron chi connectivity index (χ3n) is 3.86. The summed E-state index contributed by atoms with van der Waals surface area (Å²) in [4.78, 5) is 0. The molecule has 0 bridgehead atoms. The van der Waals surface area contributed by atoms with Gasteiger partial charge in [-0.05, 0) is 25.0 Å². The van der Waals surface area contributed by atoms with Crippen molar-refractivity contribution in [2.75, 3.05) is 13.2 Å². The summed E-state index contributed by atoms with van der Waals surface area (Å²) < 4.78 is 24.4. The Bertz CT molecular complexity index is 429. The predicted molar refractivity (Wildman–Crippen MR) is 63.9 cm³/mol. The Morgan fingerprint density at radius 2 is 2.00 bits per heavy atom. The molecule has 98 valence electrons. The molecule has 18 heavy (non-hydrogen) atoms. The van der Waals surface area contributed by atoms with Crippen molar-refractivity contribution in [1.82, 2.24) is 0 Å². The van der Waals surface area contributed by atoms with Crippen LogP contribution in [0.15, 0.2) is 18.2 Å². The maximum Gasteiger partial charge on any atom is 0.128 e. The first-order chi connectivity index (χ1) is 8.74. The number of ether oxygens (including phenoxy) is 2. The van der Waals surface area contributed by atoms with E-state index in [1.807, 2.05) is 0 Å². The average Bonchev–Trinajstić information content (AvgIpc) is 2.39. The van der Waals surface area contributed by atoms with Crippen LogP contribution in [0.4, 0.5) is 4.39 Å². The van der Waals surface area contributed by atoms with Gasteiger partial charge in [-0.1, -0.05) is 0 Å². The van der Waals surface area contributed by atoms with Gasteiger partial charge in [0.05, 0.1) is 6.10 Å². The minimum absolute atomic E-state index is 0.0294. The molecule has 4 heteroatoms. The Kier molecular flexibility index (Phi) is 3.22. The summed E-state index contributed by atoms with van der Waals surface area (Å²) in [5.74, 6) is 0.559. The number of halogens is 1. The van der Waals surface area contributed by atoms with E-state index >= 15 is 0 Å². The molecule has 1 N–H and O–H groups in total. The summed E-state index contributed by atoms with van der Waals surface area (Å²) in [5.41, 5.74) is 0.694. The molecular formula is C14H17FO3. The van der Waals surface area contributed by atoms with Gasteiger partial charge in [0.15, 0.2) is 0 Å². The van der Waals surface area contributed by atoms with Crippen LogP contribution in [-0.2, 0) is 4.74 Å². The van der Waals surface area contributed by atoms with E-state index in [0.29, 0.717) is 23.7 Å². The summed E-state index contributed by atoms with van der Waals surface area (Å²) >= 11 is 0. The van der Waals surface area contributed by atoms with E-state index < -0.39 is 6.10 Å². The highest BCUT2D eigenvalue weighted by Gasteiger charge is 2.33. The molecule has 1 unspecified atom stereocenters. The van der Waals surface area contributed by atoms with Gasteiger partial charge in [-0.3, -0.25) is 0 Å². The maximum atomic E-state index is 13.2. The molecule has 0 aromatic heterocycles. The van der Waals surface area contributed by atoms with Crippen LogP contribution >= 0.6 is 0 Å². The first-order valence-corrected chi connectivity index (χ1v) is 6.46. The minimum atomic E-state index is -0.554. The van der Waals surface area contributed by atoms with E-state index in [2.05, 4.69) is 0 Å². The highest BCUT2D eigenvalue weighted by atomic mass is 19.1.